The third-order valence-corrected chi connectivity index (χ3v) is 3.85. The van der Waals surface area contributed by atoms with Gasteiger partial charge in [-0.25, -0.2) is 8.78 Å². The molecule has 3 nitrogen and oxygen atoms in total. The van der Waals surface area contributed by atoms with Gasteiger partial charge in [0.15, 0.2) is 0 Å². The van der Waals surface area contributed by atoms with Crippen molar-refractivity contribution in [1.29, 1.82) is 0 Å². The summed E-state index contributed by atoms with van der Waals surface area (Å²) in [6, 6.07) is 3.85. The van der Waals surface area contributed by atoms with Gasteiger partial charge in [0.05, 0.1) is 5.92 Å². The van der Waals surface area contributed by atoms with Crippen LogP contribution in [0.1, 0.15) is 31.2 Å². The van der Waals surface area contributed by atoms with Crippen molar-refractivity contribution >= 4 is 5.97 Å². The van der Waals surface area contributed by atoms with Gasteiger partial charge >= 0.3 is 5.97 Å². The van der Waals surface area contributed by atoms with Gasteiger partial charge < -0.3 is 10.4 Å². The van der Waals surface area contributed by atoms with Gasteiger partial charge in [0.1, 0.15) is 11.6 Å². The number of benzene rings is 1. The topological polar surface area (TPSA) is 49.3 Å². The molecule has 0 atom stereocenters. The molecule has 5 heteroatoms. The van der Waals surface area contributed by atoms with Crippen molar-refractivity contribution in [3.8, 4) is 0 Å². The Bertz CT molecular complexity index is 451. The van der Waals surface area contributed by atoms with E-state index >= 15 is 0 Å². The van der Waals surface area contributed by atoms with Crippen LogP contribution in [-0.2, 0) is 11.2 Å². The molecule has 1 fully saturated rings. The van der Waals surface area contributed by atoms with Gasteiger partial charge in [-0.05, 0) is 56.3 Å². The van der Waals surface area contributed by atoms with Crippen molar-refractivity contribution < 1.29 is 18.7 Å². The molecule has 1 aliphatic carbocycles. The molecule has 0 amide bonds. The molecule has 0 aliphatic heterocycles. The molecule has 1 aromatic rings. The van der Waals surface area contributed by atoms with E-state index < -0.39 is 17.6 Å². The lowest BCUT2D eigenvalue weighted by Gasteiger charge is -2.26. The lowest BCUT2D eigenvalue weighted by molar-refractivity contribution is -0.142. The van der Waals surface area contributed by atoms with E-state index in [1.807, 2.05) is 0 Å². The van der Waals surface area contributed by atoms with Crippen LogP contribution in [0.15, 0.2) is 18.2 Å². The highest BCUT2D eigenvalue weighted by Gasteiger charge is 2.25. The van der Waals surface area contributed by atoms with E-state index in [2.05, 4.69) is 5.32 Å². The summed E-state index contributed by atoms with van der Waals surface area (Å²) in [5.74, 6) is -2.03. The van der Waals surface area contributed by atoms with Crippen molar-refractivity contribution in [2.75, 3.05) is 6.54 Å². The lowest BCUT2D eigenvalue weighted by Crippen LogP contribution is -2.36. The van der Waals surface area contributed by atoms with Crippen molar-refractivity contribution in [3.05, 3.63) is 35.4 Å². The van der Waals surface area contributed by atoms with Crippen LogP contribution in [0.3, 0.4) is 0 Å². The molecule has 0 spiro atoms. The predicted molar refractivity (Wildman–Crippen MR) is 71.4 cm³/mol. The largest absolute Gasteiger partial charge is 0.481 e. The van der Waals surface area contributed by atoms with E-state index in [-0.39, 0.29) is 5.92 Å². The Hall–Kier alpha value is -1.49. The zero-order valence-corrected chi connectivity index (χ0v) is 11.2. The number of aliphatic carboxylic acids is 1. The number of nitrogens with one attached hydrogen (secondary N) is 1. The summed E-state index contributed by atoms with van der Waals surface area (Å²) >= 11 is 0. The second kappa shape index (κ2) is 6.79. The molecule has 1 aromatic carbocycles. The minimum atomic E-state index is -0.710. The molecule has 0 heterocycles. The number of carboxylic acid groups (broad SMARTS) is 1. The summed E-state index contributed by atoms with van der Waals surface area (Å²) in [5, 5.41) is 12.2. The molecule has 0 aromatic heterocycles. The second-order valence-electron chi connectivity index (χ2n) is 5.37. The Labute approximate surface area is 117 Å². The normalized spacial score (nSPS) is 22.7. The quantitative estimate of drug-likeness (QED) is 0.873. The molecule has 0 bridgehead atoms. The zero-order chi connectivity index (χ0) is 14.5. The fourth-order valence-electron chi connectivity index (χ4n) is 2.72. The van der Waals surface area contributed by atoms with E-state index in [1.165, 1.54) is 12.1 Å². The first kappa shape index (κ1) is 14.9. The van der Waals surface area contributed by atoms with Crippen LogP contribution >= 0.6 is 0 Å². The van der Waals surface area contributed by atoms with E-state index in [0.717, 1.165) is 18.9 Å². The summed E-state index contributed by atoms with van der Waals surface area (Å²) in [7, 11) is 0. The van der Waals surface area contributed by atoms with Crippen molar-refractivity contribution in [2.45, 2.75) is 38.1 Å². The molecule has 20 heavy (non-hydrogen) atoms. The molecule has 2 rings (SSSR count). The maximum absolute atomic E-state index is 13.0. The average molecular weight is 283 g/mol. The Balaban J connectivity index is 1.73. The highest BCUT2D eigenvalue weighted by molar-refractivity contribution is 5.70. The number of carboxylic acids is 1. The summed E-state index contributed by atoms with van der Waals surface area (Å²) in [6.45, 7) is 0.644. The summed E-state index contributed by atoms with van der Waals surface area (Å²) in [5.41, 5.74) is 0.634. The van der Waals surface area contributed by atoms with Crippen LogP contribution in [0.4, 0.5) is 8.78 Å². The van der Waals surface area contributed by atoms with Crippen LogP contribution in [0.25, 0.3) is 0 Å². The van der Waals surface area contributed by atoms with E-state index in [9.17, 15) is 13.6 Å². The van der Waals surface area contributed by atoms with E-state index in [4.69, 9.17) is 5.11 Å². The monoisotopic (exact) mass is 283 g/mol. The SMILES string of the molecule is O=C(O)C1CCC(NCCc2cc(F)cc(F)c2)CC1. The fraction of sp³-hybridized carbons (Fsp3) is 0.533. The highest BCUT2D eigenvalue weighted by atomic mass is 19.1. The Kier molecular flexibility index (Phi) is 5.06. The highest BCUT2D eigenvalue weighted by Crippen LogP contribution is 2.24. The number of hydrogen-bond donors (Lipinski definition) is 2. The average Bonchev–Trinajstić information content (AvgIpc) is 2.38. The maximum Gasteiger partial charge on any atom is 0.306 e. The van der Waals surface area contributed by atoms with Gasteiger partial charge in [-0.15, -0.1) is 0 Å². The first-order chi connectivity index (χ1) is 9.54. The predicted octanol–water partition coefficient (Wildman–Crippen LogP) is 2.74. The van der Waals surface area contributed by atoms with Gasteiger partial charge in [0.2, 0.25) is 0 Å². The fourth-order valence-corrected chi connectivity index (χ4v) is 2.72. The van der Waals surface area contributed by atoms with Crippen LogP contribution in [0.2, 0.25) is 0 Å². The van der Waals surface area contributed by atoms with Gasteiger partial charge in [-0.2, -0.15) is 0 Å². The standard InChI is InChI=1S/C15H19F2NO2/c16-12-7-10(8-13(17)9-12)5-6-18-14-3-1-11(2-4-14)15(19)20/h7-9,11,14,18H,1-6H2,(H,19,20). The summed E-state index contributed by atoms with van der Waals surface area (Å²) in [4.78, 5) is 10.8. The van der Waals surface area contributed by atoms with Gasteiger partial charge in [0.25, 0.3) is 0 Å². The van der Waals surface area contributed by atoms with E-state index in [1.54, 1.807) is 0 Å². The molecule has 1 aliphatic rings. The maximum atomic E-state index is 13.0. The number of halogens is 2. The summed E-state index contributed by atoms with van der Waals surface area (Å²) in [6.07, 6.45) is 3.64. The Morgan fingerprint density at radius 1 is 1.15 bits per heavy atom. The van der Waals surface area contributed by atoms with E-state index in [0.29, 0.717) is 37.4 Å². The summed E-state index contributed by atoms with van der Waals surface area (Å²) < 4.78 is 26.0. The van der Waals surface area contributed by atoms with Crippen molar-refractivity contribution in [2.24, 2.45) is 5.92 Å². The molecule has 1 saturated carbocycles. The van der Waals surface area contributed by atoms with Crippen LogP contribution < -0.4 is 5.32 Å². The minimum Gasteiger partial charge on any atom is -0.481 e. The van der Waals surface area contributed by atoms with Gasteiger partial charge in [-0.3, -0.25) is 4.79 Å². The van der Waals surface area contributed by atoms with Gasteiger partial charge in [-0.1, -0.05) is 0 Å². The van der Waals surface area contributed by atoms with Crippen molar-refractivity contribution in [1.82, 2.24) is 5.32 Å². The molecule has 110 valence electrons. The molecular weight excluding hydrogens is 264 g/mol. The second-order valence-corrected chi connectivity index (χ2v) is 5.37. The molecule has 0 unspecified atom stereocenters. The van der Waals surface area contributed by atoms with Crippen LogP contribution in [0.5, 0.6) is 0 Å². The van der Waals surface area contributed by atoms with Crippen LogP contribution in [-0.4, -0.2) is 23.7 Å². The van der Waals surface area contributed by atoms with Crippen molar-refractivity contribution in [3.63, 3.8) is 0 Å². The first-order valence-electron chi connectivity index (χ1n) is 6.96. The zero-order valence-electron chi connectivity index (χ0n) is 11.2. The third-order valence-electron chi connectivity index (χ3n) is 3.85. The number of carbonyl (C=O) groups is 1. The third kappa shape index (κ3) is 4.27. The number of hydrogen-bond acceptors (Lipinski definition) is 2. The smallest absolute Gasteiger partial charge is 0.306 e. The lowest BCUT2D eigenvalue weighted by atomic mass is 9.86. The number of rotatable bonds is 5. The minimum absolute atomic E-state index is 0.217. The van der Waals surface area contributed by atoms with Gasteiger partial charge in [0, 0.05) is 12.1 Å². The first-order valence-corrected chi connectivity index (χ1v) is 6.96. The molecule has 0 saturated heterocycles. The molecule has 2 N–H and O–H groups in total. The Morgan fingerprint density at radius 2 is 1.75 bits per heavy atom. The van der Waals surface area contributed by atoms with Crippen LogP contribution in [0, 0.1) is 17.6 Å². The Morgan fingerprint density at radius 3 is 2.30 bits per heavy atom. The molecular formula is C15H19F2NO2. The molecule has 0 radical (unpaired) electrons.